The van der Waals surface area contributed by atoms with Crippen LogP contribution in [0.4, 0.5) is 0 Å². The third-order valence-corrected chi connectivity index (χ3v) is 5.42. The Bertz CT molecular complexity index is 357. The molecule has 1 saturated carbocycles. The van der Waals surface area contributed by atoms with Gasteiger partial charge in [0.05, 0.1) is 6.10 Å². The highest BCUT2D eigenvalue weighted by molar-refractivity contribution is 5.85. The van der Waals surface area contributed by atoms with Crippen LogP contribution in [-0.4, -0.2) is 43.2 Å². The molecule has 2 aliphatic rings. The number of carbonyl (C=O) groups is 1. The minimum atomic E-state index is 0. The normalized spacial score (nSPS) is 23.8. The first-order valence-electron chi connectivity index (χ1n) is 9.14. The molecule has 0 radical (unpaired) electrons. The van der Waals surface area contributed by atoms with Crippen LogP contribution in [0.5, 0.6) is 0 Å². The molecule has 1 unspecified atom stereocenters. The van der Waals surface area contributed by atoms with E-state index in [-0.39, 0.29) is 23.9 Å². The average Bonchev–Trinajstić information content (AvgIpc) is 2.97. The maximum atomic E-state index is 12.6. The van der Waals surface area contributed by atoms with Gasteiger partial charge in [0.1, 0.15) is 0 Å². The van der Waals surface area contributed by atoms with Crippen LogP contribution >= 0.6 is 12.4 Å². The Morgan fingerprint density at radius 3 is 2.61 bits per heavy atom. The third-order valence-electron chi connectivity index (χ3n) is 5.42. The van der Waals surface area contributed by atoms with E-state index in [0.29, 0.717) is 24.8 Å². The second-order valence-corrected chi connectivity index (χ2v) is 7.75. The van der Waals surface area contributed by atoms with Gasteiger partial charge >= 0.3 is 0 Å². The molecule has 136 valence electrons. The highest BCUT2D eigenvalue weighted by Gasteiger charge is 2.36. The summed E-state index contributed by atoms with van der Waals surface area (Å²) in [6, 6.07) is 0. The zero-order chi connectivity index (χ0) is 16.0. The zero-order valence-electron chi connectivity index (χ0n) is 14.9. The molecule has 0 aromatic rings. The molecule has 1 aliphatic heterocycles. The number of nitrogens with zero attached hydrogens (tertiary/aromatic N) is 1. The van der Waals surface area contributed by atoms with Crippen molar-refractivity contribution in [1.82, 2.24) is 4.90 Å². The second-order valence-electron chi connectivity index (χ2n) is 7.75. The molecule has 1 amide bonds. The van der Waals surface area contributed by atoms with Gasteiger partial charge in [-0.2, -0.15) is 0 Å². The Kier molecular flexibility index (Phi) is 8.88. The Labute approximate surface area is 147 Å². The first-order valence-corrected chi connectivity index (χ1v) is 9.14. The van der Waals surface area contributed by atoms with Gasteiger partial charge in [-0.05, 0) is 43.6 Å². The van der Waals surface area contributed by atoms with Crippen molar-refractivity contribution < 1.29 is 9.53 Å². The summed E-state index contributed by atoms with van der Waals surface area (Å²) in [7, 11) is 0. The zero-order valence-corrected chi connectivity index (χ0v) is 15.7. The summed E-state index contributed by atoms with van der Waals surface area (Å²) in [5, 5.41) is 0. The molecule has 2 fully saturated rings. The lowest BCUT2D eigenvalue weighted by atomic mass is 9.71. The maximum absolute atomic E-state index is 12.6. The van der Waals surface area contributed by atoms with Crippen LogP contribution in [0.2, 0.25) is 0 Å². The molecular formula is C18H35ClN2O2. The van der Waals surface area contributed by atoms with Crippen molar-refractivity contribution in [3.63, 3.8) is 0 Å². The van der Waals surface area contributed by atoms with Gasteiger partial charge in [-0.3, -0.25) is 4.79 Å². The Hall–Kier alpha value is -0.320. The van der Waals surface area contributed by atoms with Crippen molar-refractivity contribution >= 4 is 18.3 Å². The minimum Gasteiger partial charge on any atom is -0.376 e. The largest absolute Gasteiger partial charge is 0.376 e. The van der Waals surface area contributed by atoms with Gasteiger partial charge < -0.3 is 15.4 Å². The van der Waals surface area contributed by atoms with Gasteiger partial charge in [0.15, 0.2) is 0 Å². The van der Waals surface area contributed by atoms with E-state index in [1.807, 2.05) is 4.90 Å². The van der Waals surface area contributed by atoms with Gasteiger partial charge in [0.25, 0.3) is 0 Å². The summed E-state index contributed by atoms with van der Waals surface area (Å²) >= 11 is 0. The third kappa shape index (κ3) is 6.24. The molecule has 0 aromatic carbocycles. The minimum absolute atomic E-state index is 0. The summed E-state index contributed by atoms with van der Waals surface area (Å²) in [6.07, 6.45) is 8.96. The lowest BCUT2D eigenvalue weighted by Gasteiger charge is -2.36. The fourth-order valence-electron chi connectivity index (χ4n) is 3.75. The Morgan fingerprint density at radius 1 is 1.30 bits per heavy atom. The van der Waals surface area contributed by atoms with Gasteiger partial charge in [-0.25, -0.2) is 0 Å². The molecule has 1 atom stereocenters. The van der Waals surface area contributed by atoms with Gasteiger partial charge in [-0.1, -0.05) is 33.1 Å². The van der Waals surface area contributed by atoms with E-state index >= 15 is 0 Å². The van der Waals surface area contributed by atoms with E-state index in [0.717, 1.165) is 45.4 Å². The van der Waals surface area contributed by atoms with Crippen molar-refractivity contribution in [3.8, 4) is 0 Å². The van der Waals surface area contributed by atoms with Gasteiger partial charge in [0, 0.05) is 26.1 Å². The summed E-state index contributed by atoms with van der Waals surface area (Å²) in [6.45, 7) is 7.52. The molecule has 2 N–H and O–H groups in total. The van der Waals surface area contributed by atoms with Gasteiger partial charge in [-0.15, -0.1) is 12.4 Å². The van der Waals surface area contributed by atoms with Crippen molar-refractivity contribution in [2.45, 2.75) is 71.3 Å². The fraction of sp³-hybridized carbons (Fsp3) is 0.944. The van der Waals surface area contributed by atoms with E-state index in [4.69, 9.17) is 10.5 Å². The highest BCUT2D eigenvalue weighted by atomic mass is 35.5. The summed E-state index contributed by atoms with van der Waals surface area (Å²) < 4.78 is 5.92. The van der Waals surface area contributed by atoms with Crippen LogP contribution in [0.3, 0.4) is 0 Å². The average molecular weight is 347 g/mol. The quantitative estimate of drug-likeness (QED) is 0.768. The SMILES string of the molecule is CC(C)CCOC1CCN(C(=O)CC2(CN)CCCCC2)C1.Cl. The highest BCUT2D eigenvalue weighted by Crippen LogP contribution is 2.39. The number of nitrogens with two attached hydrogens (primary N) is 1. The van der Waals surface area contributed by atoms with Crippen LogP contribution in [0.15, 0.2) is 0 Å². The lowest BCUT2D eigenvalue weighted by molar-refractivity contribution is -0.133. The Morgan fingerprint density at radius 2 is 2.00 bits per heavy atom. The van der Waals surface area contributed by atoms with Crippen LogP contribution in [0.1, 0.15) is 65.2 Å². The van der Waals surface area contributed by atoms with Crippen molar-refractivity contribution in [2.24, 2.45) is 17.1 Å². The molecule has 5 heteroatoms. The number of likely N-dealkylation sites (tertiary alicyclic amines) is 1. The standard InChI is InChI=1S/C18H34N2O2.ClH/c1-15(2)7-11-22-16-6-10-20(13-16)17(21)12-18(14-19)8-4-3-5-9-18;/h15-16H,3-14,19H2,1-2H3;1H. The predicted molar refractivity (Wildman–Crippen MR) is 96.8 cm³/mol. The van der Waals surface area contributed by atoms with Crippen LogP contribution in [0, 0.1) is 11.3 Å². The second kappa shape index (κ2) is 9.85. The van der Waals surface area contributed by atoms with Gasteiger partial charge in [0.2, 0.25) is 5.91 Å². The number of rotatable bonds is 7. The molecule has 0 aromatic heterocycles. The molecule has 1 heterocycles. The van der Waals surface area contributed by atoms with Crippen molar-refractivity contribution in [1.29, 1.82) is 0 Å². The van der Waals surface area contributed by atoms with Crippen molar-refractivity contribution in [3.05, 3.63) is 0 Å². The van der Waals surface area contributed by atoms with Crippen LogP contribution < -0.4 is 5.73 Å². The first kappa shape index (κ1) is 20.7. The van der Waals surface area contributed by atoms with E-state index < -0.39 is 0 Å². The van der Waals surface area contributed by atoms with E-state index in [2.05, 4.69) is 13.8 Å². The number of hydrogen-bond donors (Lipinski definition) is 1. The summed E-state index contributed by atoms with van der Waals surface area (Å²) in [5.74, 6) is 0.970. The van der Waals surface area contributed by atoms with Crippen LogP contribution in [0.25, 0.3) is 0 Å². The number of hydrogen-bond acceptors (Lipinski definition) is 3. The predicted octanol–water partition coefficient (Wildman–Crippen LogP) is 3.37. The number of ether oxygens (including phenoxy) is 1. The smallest absolute Gasteiger partial charge is 0.223 e. The first-order chi connectivity index (χ1) is 10.5. The van der Waals surface area contributed by atoms with Crippen molar-refractivity contribution in [2.75, 3.05) is 26.2 Å². The van der Waals surface area contributed by atoms with E-state index in [1.165, 1.54) is 19.3 Å². The van der Waals surface area contributed by atoms with Crippen LogP contribution in [-0.2, 0) is 9.53 Å². The molecular weight excluding hydrogens is 312 g/mol. The maximum Gasteiger partial charge on any atom is 0.223 e. The molecule has 1 aliphatic carbocycles. The lowest BCUT2D eigenvalue weighted by Crippen LogP contribution is -2.40. The molecule has 0 bridgehead atoms. The van der Waals surface area contributed by atoms with E-state index in [9.17, 15) is 4.79 Å². The van der Waals surface area contributed by atoms with E-state index in [1.54, 1.807) is 0 Å². The molecule has 23 heavy (non-hydrogen) atoms. The topological polar surface area (TPSA) is 55.6 Å². The Balaban J connectivity index is 0.00000264. The molecule has 4 nitrogen and oxygen atoms in total. The molecule has 0 spiro atoms. The number of amides is 1. The monoisotopic (exact) mass is 346 g/mol. The molecule has 2 rings (SSSR count). The fourth-order valence-corrected chi connectivity index (χ4v) is 3.75. The summed E-state index contributed by atoms with van der Waals surface area (Å²) in [5.41, 5.74) is 6.09. The number of carbonyl (C=O) groups excluding carboxylic acids is 1. The molecule has 1 saturated heterocycles. The number of halogens is 1. The summed E-state index contributed by atoms with van der Waals surface area (Å²) in [4.78, 5) is 14.6.